The lowest BCUT2D eigenvalue weighted by atomic mass is 10.1. The molecule has 0 saturated carbocycles. The second-order valence-electron chi connectivity index (χ2n) is 9.12. The monoisotopic (exact) mass is 551 g/mol. The summed E-state index contributed by atoms with van der Waals surface area (Å²) in [6.45, 7) is 1.48. The highest BCUT2D eigenvalue weighted by Gasteiger charge is 2.27. The van der Waals surface area contributed by atoms with Crippen LogP contribution in [0.5, 0.6) is 5.75 Å². The topological polar surface area (TPSA) is 144 Å². The molecule has 2 aromatic carbocycles. The zero-order chi connectivity index (χ0) is 28.3. The number of benzene rings is 2. The summed E-state index contributed by atoms with van der Waals surface area (Å²) in [7, 11) is 3.33. The van der Waals surface area contributed by atoms with E-state index in [2.05, 4.69) is 20.9 Å². The standard InChI is InChI=1S/C28H33N5O7/c1-29-11-4-7-26(34)33(28(36)40-22-10-12-38-17-22)16-19-5-3-6-20(13-19)31-27(35)32-21-8-9-23(24(14-21)37-2)25-15-30-18-39-25/h3,5-6,8-9,13-15,18,22,29H,4,7,10-12,16-17H2,1-2H3,(H2,31,32,35). The Morgan fingerprint density at radius 3 is 2.65 bits per heavy atom. The lowest BCUT2D eigenvalue weighted by Gasteiger charge is -2.22. The van der Waals surface area contributed by atoms with Crippen LogP contribution in [0.1, 0.15) is 24.8 Å². The maximum absolute atomic E-state index is 12.9. The fourth-order valence-electron chi connectivity index (χ4n) is 4.16. The van der Waals surface area contributed by atoms with Crippen molar-refractivity contribution in [1.82, 2.24) is 15.2 Å². The Balaban J connectivity index is 1.41. The molecule has 1 unspecified atom stereocenters. The number of methoxy groups -OCH3 is 1. The van der Waals surface area contributed by atoms with Crippen LogP contribution in [0.2, 0.25) is 0 Å². The third kappa shape index (κ3) is 7.80. The number of amides is 4. The van der Waals surface area contributed by atoms with Crippen LogP contribution in [-0.2, 0) is 20.8 Å². The average Bonchev–Trinajstić information content (AvgIpc) is 3.67. The van der Waals surface area contributed by atoms with Crippen molar-refractivity contribution in [2.75, 3.05) is 44.5 Å². The molecule has 1 aliphatic rings. The second-order valence-corrected chi connectivity index (χ2v) is 9.12. The number of carbonyl (C=O) groups excluding carboxylic acids is 3. The van der Waals surface area contributed by atoms with Gasteiger partial charge in [-0.05, 0) is 49.8 Å². The van der Waals surface area contributed by atoms with Gasteiger partial charge in [0.25, 0.3) is 0 Å². The number of oxazole rings is 1. The van der Waals surface area contributed by atoms with Gasteiger partial charge in [-0.25, -0.2) is 19.5 Å². The molecular formula is C28H33N5O7. The van der Waals surface area contributed by atoms with E-state index in [0.717, 1.165) is 4.90 Å². The first-order chi connectivity index (χ1) is 19.5. The highest BCUT2D eigenvalue weighted by molar-refractivity contribution is 6.00. The summed E-state index contributed by atoms with van der Waals surface area (Å²) in [4.78, 5) is 43.6. The molecule has 0 spiro atoms. The Kier molecular flexibility index (Phi) is 10.1. The first-order valence-corrected chi connectivity index (χ1v) is 12.9. The van der Waals surface area contributed by atoms with Gasteiger partial charge in [0, 0.05) is 30.3 Å². The maximum Gasteiger partial charge on any atom is 0.417 e. The zero-order valence-corrected chi connectivity index (χ0v) is 22.5. The lowest BCUT2D eigenvalue weighted by molar-refractivity contribution is -0.130. The Morgan fingerprint density at radius 1 is 1.12 bits per heavy atom. The van der Waals surface area contributed by atoms with Crippen LogP contribution in [-0.4, -0.2) is 67.9 Å². The van der Waals surface area contributed by atoms with Crippen LogP contribution in [0.3, 0.4) is 0 Å². The van der Waals surface area contributed by atoms with Gasteiger partial charge in [-0.1, -0.05) is 12.1 Å². The molecule has 0 bridgehead atoms. The molecule has 0 aliphatic carbocycles. The summed E-state index contributed by atoms with van der Waals surface area (Å²) >= 11 is 0. The van der Waals surface area contributed by atoms with E-state index in [9.17, 15) is 14.4 Å². The predicted molar refractivity (Wildman–Crippen MR) is 147 cm³/mol. The minimum absolute atomic E-state index is 0.00222. The number of nitrogens with one attached hydrogen (secondary N) is 3. The van der Waals surface area contributed by atoms with Gasteiger partial charge in [0.1, 0.15) is 11.9 Å². The number of nitrogens with zero attached hydrogens (tertiary/aromatic N) is 2. The van der Waals surface area contributed by atoms with E-state index in [0.29, 0.717) is 66.6 Å². The van der Waals surface area contributed by atoms with E-state index in [4.69, 9.17) is 18.6 Å². The van der Waals surface area contributed by atoms with Crippen LogP contribution < -0.4 is 20.7 Å². The molecule has 1 fully saturated rings. The van der Waals surface area contributed by atoms with Crippen molar-refractivity contribution < 1.29 is 33.0 Å². The smallest absolute Gasteiger partial charge is 0.417 e. The van der Waals surface area contributed by atoms with Crippen molar-refractivity contribution in [3.05, 3.63) is 60.6 Å². The molecule has 4 rings (SSSR count). The molecule has 3 aromatic rings. The van der Waals surface area contributed by atoms with Gasteiger partial charge in [0.2, 0.25) is 5.91 Å². The first-order valence-electron chi connectivity index (χ1n) is 12.9. The number of imide groups is 1. The Hall–Kier alpha value is -4.42. The largest absolute Gasteiger partial charge is 0.496 e. The van der Waals surface area contributed by atoms with Gasteiger partial charge < -0.3 is 34.6 Å². The quantitative estimate of drug-likeness (QED) is 0.298. The highest BCUT2D eigenvalue weighted by Crippen LogP contribution is 2.32. The van der Waals surface area contributed by atoms with Gasteiger partial charge in [0.15, 0.2) is 12.2 Å². The molecule has 2 heterocycles. The number of urea groups is 1. The van der Waals surface area contributed by atoms with Gasteiger partial charge in [-0.2, -0.15) is 0 Å². The Bertz CT molecular complexity index is 1290. The van der Waals surface area contributed by atoms with E-state index in [1.54, 1.807) is 55.7 Å². The number of hydrogen-bond acceptors (Lipinski definition) is 9. The molecule has 1 atom stereocenters. The predicted octanol–water partition coefficient (Wildman–Crippen LogP) is 4.25. The average molecular weight is 552 g/mol. The molecule has 3 N–H and O–H groups in total. The van der Waals surface area contributed by atoms with Crippen LogP contribution in [0.15, 0.2) is 59.5 Å². The molecule has 4 amide bonds. The molecule has 212 valence electrons. The van der Waals surface area contributed by atoms with E-state index in [-0.39, 0.29) is 25.0 Å². The normalized spacial score (nSPS) is 14.4. The van der Waals surface area contributed by atoms with Gasteiger partial charge in [-0.3, -0.25) is 4.79 Å². The van der Waals surface area contributed by atoms with Crippen molar-refractivity contribution >= 4 is 29.4 Å². The van der Waals surface area contributed by atoms with Crippen LogP contribution in [0, 0.1) is 0 Å². The summed E-state index contributed by atoms with van der Waals surface area (Å²) in [6, 6.07) is 11.6. The molecule has 12 heteroatoms. The molecular weight excluding hydrogens is 518 g/mol. The second kappa shape index (κ2) is 14.1. The highest BCUT2D eigenvalue weighted by atomic mass is 16.6. The van der Waals surface area contributed by atoms with Crippen LogP contribution in [0.25, 0.3) is 11.3 Å². The minimum atomic E-state index is -0.705. The molecule has 0 radical (unpaired) electrons. The number of rotatable bonds is 11. The molecule has 12 nitrogen and oxygen atoms in total. The number of carbonyl (C=O) groups is 3. The van der Waals surface area contributed by atoms with Crippen LogP contribution >= 0.6 is 0 Å². The van der Waals surface area contributed by atoms with Gasteiger partial charge in [-0.15, -0.1) is 0 Å². The summed E-state index contributed by atoms with van der Waals surface area (Å²) in [5.74, 6) is 0.713. The van der Waals surface area contributed by atoms with Gasteiger partial charge >= 0.3 is 12.1 Å². The third-order valence-corrected chi connectivity index (χ3v) is 6.18. The van der Waals surface area contributed by atoms with E-state index >= 15 is 0 Å². The molecule has 1 aliphatic heterocycles. The van der Waals surface area contributed by atoms with Gasteiger partial charge in [0.05, 0.1) is 38.6 Å². The van der Waals surface area contributed by atoms with Crippen molar-refractivity contribution in [2.24, 2.45) is 0 Å². The molecule has 1 saturated heterocycles. The maximum atomic E-state index is 12.9. The third-order valence-electron chi connectivity index (χ3n) is 6.18. The number of hydrogen-bond donors (Lipinski definition) is 3. The summed E-state index contributed by atoms with van der Waals surface area (Å²) in [5.41, 5.74) is 2.34. The number of aromatic nitrogens is 1. The van der Waals surface area contributed by atoms with Crippen molar-refractivity contribution in [3.63, 3.8) is 0 Å². The number of anilines is 2. The zero-order valence-electron chi connectivity index (χ0n) is 22.5. The molecule has 1 aromatic heterocycles. The SMILES string of the molecule is CNCCCC(=O)N(Cc1cccc(NC(=O)Nc2ccc(-c3cnco3)c(OC)c2)c1)C(=O)OC1CCOC1. The van der Waals surface area contributed by atoms with Crippen molar-refractivity contribution in [3.8, 4) is 17.1 Å². The Morgan fingerprint density at radius 2 is 1.95 bits per heavy atom. The van der Waals surface area contributed by atoms with Crippen LogP contribution in [0.4, 0.5) is 21.0 Å². The van der Waals surface area contributed by atoms with E-state index in [1.165, 1.54) is 13.5 Å². The van der Waals surface area contributed by atoms with E-state index < -0.39 is 12.1 Å². The fourth-order valence-corrected chi connectivity index (χ4v) is 4.16. The first kappa shape index (κ1) is 28.6. The van der Waals surface area contributed by atoms with E-state index in [1.807, 2.05) is 0 Å². The summed E-state index contributed by atoms with van der Waals surface area (Å²) in [6.07, 6.45) is 3.19. The Labute approximate surface area is 232 Å². The summed E-state index contributed by atoms with van der Waals surface area (Å²) < 4.78 is 21.6. The van der Waals surface area contributed by atoms with Crippen molar-refractivity contribution in [2.45, 2.75) is 31.9 Å². The summed E-state index contributed by atoms with van der Waals surface area (Å²) in [5, 5.41) is 8.54. The minimum Gasteiger partial charge on any atom is -0.496 e. The molecule has 40 heavy (non-hydrogen) atoms. The number of ether oxygens (including phenoxy) is 3. The lowest BCUT2D eigenvalue weighted by Crippen LogP contribution is -2.39. The fraction of sp³-hybridized carbons (Fsp3) is 0.357. The van der Waals surface area contributed by atoms with Crippen molar-refractivity contribution in [1.29, 1.82) is 0 Å².